The summed E-state index contributed by atoms with van der Waals surface area (Å²) in [6.45, 7) is 2.28. The first-order valence-electron chi connectivity index (χ1n) is 6.31. The number of carbonyl (C=O) groups is 2. The van der Waals surface area contributed by atoms with Crippen molar-refractivity contribution in [3.05, 3.63) is 28.8 Å². The van der Waals surface area contributed by atoms with Gasteiger partial charge in [-0.1, -0.05) is 11.6 Å². The Morgan fingerprint density at radius 3 is 2.70 bits per heavy atom. The first-order valence-corrected chi connectivity index (χ1v) is 6.69. The highest BCUT2D eigenvalue weighted by atomic mass is 35.5. The van der Waals surface area contributed by atoms with Crippen molar-refractivity contribution in [2.24, 2.45) is 5.73 Å². The summed E-state index contributed by atoms with van der Waals surface area (Å²) in [4.78, 5) is 23.6. The molecule has 0 aromatic heterocycles. The Labute approximate surface area is 123 Å². The van der Waals surface area contributed by atoms with Crippen molar-refractivity contribution >= 4 is 23.4 Å². The van der Waals surface area contributed by atoms with Crippen LogP contribution in [0.25, 0.3) is 0 Å². The van der Waals surface area contributed by atoms with Gasteiger partial charge in [-0.3, -0.25) is 9.59 Å². The Morgan fingerprint density at radius 1 is 1.40 bits per heavy atom. The number of halogens is 1. The van der Waals surface area contributed by atoms with E-state index in [4.69, 9.17) is 22.1 Å². The third-order valence-corrected chi connectivity index (χ3v) is 2.98. The van der Waals surface area contributed by atoms with Gasteiger partial charge in [0.2, 0.25) is 11.8 Å². The summed E-state index contributed by atoms with van der Waals surface area (Å²) in [5.41, 5.74) is 5.98. The summed E-state index contributed by atoms with van der Waals surface area (Å²) in [5.74, 6) is 0.112. The van der Waals surface area contributed by atoms with Crippen LogP contribution < -0.4 is 10.5 Å². The smallest absolute Gasteiger partial charge is 0.237 e. The van der Waals surface area contributed by atoms with E-state index in [2.05, 4.69) is 0 Å². The van der Waals surface area contributed by atoms with Gasteiger partial charge in [0.25, 0.3) is 0 Å². The first kappa shape index (κ1) is 16.3. The monoisotopic (exact) mass is 298 g/mol. The van der Waals surface area contributed by atoms with Crippen LogP contribution in [0.3, 0.4) is 0 Å². The van der Waals surface area contributed by atoms with Crippen molar-refractivity contribution in [2.45, 2.75) is 19.8 Å². The highest BCUT2D eigenvalue weighted by Crippen LogP contribution is 2.21. The van der Waals surface area contributed by atoms with E-state index in [9.17, 15) is 9.59 Å². The number of nitrogens with zero attached hydrogens (tertiary/aromatic N) is 1. The standard InChI is InChI=1S/C14H19ClN2O3/c1-10-8-11(15)5-6-12(10)20-7-3-4-14(19)17(2)9-13(16)18/h5-6,8H,3-4,7,9H2,1-2H3,(H2,16,18). The average molecular weight is 299 g/mol. The fourth-order valence-corrected chi connectivity index (χ4v) is 1.92. The van der Waals surface area contributed by atoms with Gasteiger partial charge >= 0.3 is 0 Å². The van der Waals surface area contributed by atoms with Crippen LogP contribution in [0.4, 0.5) is 0 Å². The fraction of sp³-hybridized carbons (Fsp3) is 0.429. The molecule has 0 radical (unpaired) electrons. The van der Waals surface area contributed by atoms with Crippen LogP contribution >= 0.6 is 11.6 Å². The van der Waals surface area contributed by atoms with Crippen LogP contribution in [0, 0.1) is 6.92 Å². The number of nitrogens with two attached hydrogens (primary N) is 1. The van der Waals surface area contributed by atoms with Crippen molar-refractivity contribution in [1.82, 2.24) is 4.90 Å². The van der Waals surface area contributed by atoms with Crippen molar-refractivity contribution in [2.75, 3.05) is 20.2 Å². The fourth-order valence-electron chi connectivity index (χ4n) is 1.69. The van der Waals surface area contributed by atoms with E-state index in [1.807, 2.05) is 13.0 Å². The maximum atomic E-state index is 11.6. The Bertz CT molecular complexity index is 491. The van der Waals surface area contributed by atoms with Crippen LogP contribution in [0.2, 0.25) is 5.02 Å². The Morgan fingerprint density at radius 2 is 2.10 bits per heavy atom. The lowest BCUT2D eigenvalue weighted by Gasteiger charge is -2.15. The second-order valence-electron chi connectivity index (χ2n) is 4.58. The summed E-state index contributed by atoms with van der Waals surface area (Å²) in [5, 5.41) is 0.665. The molecule has 0 unspecified atom stereocenters. The molecule has 0 bridgehead atoms. The normalized spacial score (nSPS) is 10.2. The molecule has 0 spiro atoms. The largest absolute Gasteiger partial charge is 0.493 e. The van der Waals surface area contributed by atoms with Crippen molar-refractivity contribution in [3.8, 4) is 5.75 Å². The number of hydrogen-bond donors (Lipinski definition) is 1. The number of likely N-dealkylation sites (N-methyl/N-ethyl adjacent to an activating group) is 1. The third-order valence-electron chi connectivity index (χ3n) is 2.75. The van der Waals surface area contributed by atoms with E-state index < -0.39 is 5.91 Å². The lowest BCUT2D eigenvalue weighted by molar-refractivity contribution is -0.133. The van der Waals surface area contributed by atoms with Gasteiger partial charge in [0.1, 0.15) is 5.75 Å². The van der Waals surface area contributed by atoms with Crippen LogP contribution in [-0.2, 0) is 9.59 Å². The molecule has 0 aliphatic carbocycles. The van der Waals surface area contributed by atoms with Gasteiger partial charge in [-0.25, -0.2) is 0 Å². The molecule has 2 N–H and O–H groups in total. The quantitative estimate of drug-likeness (QED) is 0.780. The van der Waals surface area contributed by atoms with Gasteiger partial charge in [-0.05, 0) is 37.1 Å². The maximum Gasteiger partial charge on any atom is 0.237 e. The minimum Gasteiger partial charge on any atom is -0.493 e. The maximum absolute atomic E-state index is 11.6. The molecule has 1 rings (SSSR count). The number of hydrogen-bond acceptors (Lipinski definition) is 3. The van der Waals surface area contributed by atoms with E-state index in [0.717, 1.165) is 11.3 Å². The third kappa shape index (κ3) is 5.48. The van der Waals surface area contributed by atoms with E-state index in [1.54, 1.807) is 19.2 Å². The zero-order chi connectivity index (χ0) is 15.1. The second kappa shape index (κ2) is 7.75. The molecule has 1 aromatic rings. The number of carbonyl (C=O) groups excluding carboxylic acids is 2. The number of ether oxygens (including phenoxy) is 1. The average Bonchev–Trinajstić information content (AvgIpc) is 2.35. The van der Waals surface area contributed by atoms with Crippen molar-refractivity contribution in [1.29, 1.82) is 0 Å². The molecule has 6 heteroatoms. The summed E-state index contributed by atoms with van der Waals surface area (Å²) in [6.07, 6.45) is 0.889. The SMILES string of the molecule is Cc1cc(Cl)ccc1OCCCC(=O)N(C)CC(N)=O. The van der Waals surface area contributed by atoms with Gasteiger partial charge in [-0.15, -0.1) is 0 Å². The molecule has 0 aliphatic rings. The van der Waals surface area contributed by atoms with E-state index in [1.165, 1.54) is 4.90 Å². The number of benzene rings is 1. The van der Waals surface area contributed by atoms with Gasteiger partial charge in [0.05, 0.1) is 13.2 Å². The predicted octanol–water partition coefficient (Wildman–Crippen LogP) is 1.75. The zero-order valence-electron chi connectivity index (χ0n) is 11.7. The minimum atomic E-state index is -0.520. The van der Waals surface area contributed by atoms with Crippen molar-refractivity contribution < 1.29 is 14.3 Å². The topological polar surface area (TPSA) is 72.6 Å². The Balaban J connectivity index is 2.31. The molecule has 0 fully saturated rings. The lowest BCUT2D eigenvalue weighted by Crippen LogP contribution is -2.35. The van der Waals surface area contributed by atoms with Crippen LogP contribution in [-0.4, -0.2) is 36.9 Å². The highest BCUT2D eigenvalue weighted by molar-refractivity contribution is 6.30. The van der Waals surface area contributed by atoms with Crippen molar-refractivity contribution in [3.63, 3.8) is 0 Å². The molecule has 0 atom stereocenters. The minimum absolute atomic E-state index is 0.0595. The molecule has 20 heavy (non-hydrogen) atoms. The molecule has 110 valence electrons. The number of primary amides is 1. The van der Waals surface area contributed by atoms with Crippen LogP contribution in [0.5, 0.6) is 5.75 Å². The van der Waals surface area contributed by atoms with E-state index in [-0.39, 0.29) is 12.5 Å². The van der Waals surface area contributed by atoms with E-state index in [0.29, 0.717) is 24.5 Å². The molecular formula is C14H19ClN2O3. The highest BCUT2D eigenvalue weighted by Gasteiger charge is 2.10. The lowest BCUT2D eigenvalue weighted by atomic mass is 10.2. The molecular weight excluding hydrogens is 280 g/mol. The second-order valence-corrected chi connectivity index (χ2v) is 5.01. The van der Waals surface area contributed by atoms with Gasteiger partial charge in [0.15, 0.2) is 0 Å². The predicted molar refractivity (Wildman–Crippen MR) is 77.7 cm³/mol. The first-order chi connectivity index (χ1) is 9.40. The zero-order valence-corrected chi connectivity index (χ0v) is 12.4. The van der Waals surface area contributed by atoms with Gasteiger partial charge in [-0.2, -0.15) is 0 Å². The Kier molecular flexibility index (Phi) is 6.31. The molecule has 2 amide bonds. The molecule has 0 saturated carbocycles. The summed E-state index contributed by atoms with van der Waals surface area (Å²) in [6, 6.07) is 5.39. The van der Waals surface area contributed by atoms with Crippen LogP contribution in [0.15, 0.2) is 18.2 Å². The molecule has 1 aromatic carbocycles. The molecule has 0 heterocycles. The van der Waals surface area contributed by atoms with E-state index >= 15 is 0 Å². The Hall–Kier alpha value is -1.75. The van der Waals surface area contributed by atoms with Crippen LogP contribution in [0.1, 0.15) is 18.4 Å². The summed E-state index contributed by atoms with van der Waals surface area (Å²) >= 11 is 5.85. The summed E-state index contributed by atoms with van der Waals surface area (Å²) in [7, 11) is 1.55. The number of amides is 2. The van der Waals surface area contributed by atoms with Gasteiger partial charge < -0.3 is 15.4 Å². The number of aryl methyl sites for hydroxylation is 1. The molecule has 0 aliphatic heterocycles. The van der Waals surface area contributed by atoms with Gasteiger partial charge in [0, 0.05) is 18.5 Å². The molecule has 5 nitrogen and oxygen atoms in total. The molecule has 0 saturated heterocycles. The number of rotatable bonds is 7. The summed E-state index contributed by atoms with van der Waals surface area (Å²) < 4.78 is 5.58.